The maximum Gasteiger partial charge on any atom is 0.329 e. The van der Waals surface area contributed by atoms with E-state index in [2.05, 4.69) is 5.32 Å². The predicted octanol–water partition coefficient (Wildman–Crippen LogP) is 1.45. The fourth-order valence-electron chi connectivity index (χ4n) is 2.26. The van der Waals surface area contributed by atoms with Gasteiger partial charge < -0.3 is 20.1 Å². The number of urea groups is 1. The molecule has 1 rings (SSSR count). The predicted molar refractivity (Wildman–Crippen MR) is 71.1 cm³/mol. The number of rotatable bonds is 6. The van der Waals surface area contributed by atoms with E-state index in [1.54, 1.807) is 20.9 Å². The van der Waals surface area contributed by atoms with E-state index in [-0.39, 0.29) is 12.1 Å². The first kappa shape index (κ1) is 15.8. The summed E-state index contributed by atoms with van der Waals surface area (Å²) in [6, 6.07) is -0.360. The molecule has 2 amide bonds. The van der Waals surface area contributed by atoms with Gasteiger partial charge in [0.05, 0.1) is 6.10 Å². The van der Waals surface area contributed by atoms with Gasteiger partial charge in [0.2, 0.25) is 0 Å². The number of carbonyl (C=O) groups is 2. The van der Waals surface area contributed by atoms with Gasteiger partial charge in [-0.1, -0.05) is 13.8 Å². The fraction of sp³-hybridized carbons (Fsp3) is 0.846. The molecule has 0 bridgehead atoms. The standard InChI is InChI=1S/C13H24N2O4/c1-4-13(5-2,11(16)17)14-12(18)15(3)9-10-7-6-8-19-10/h10H,4-9H2,1-3H3,(H,14,18)(H,16,17). The minimum Gasteiger partial charge on any atom is -0.480 e. The summed E-state index contributed by atoms with van der Waals surface area (Å²) in [6.45, 7) is 4.76. The highest BCUT2D eigenvalue weighted by Crippen LogP contribution is 2.17. The second-order valence-corrected chi connectivity index (χ2v) is 5.04. The Morgan fingerprint density at radius 2 is 2.05 bits per heavy atom. The Morgan fingerprint density at radius 1 is 1.42 bits per heavy atom. The molecule has 1 unspecified atom stereocenters. The number of carboxylic acids is 1. The van der Waals surface area contributed by atoms with E-state index in [0.29, 0.717) is 19.4 Å². The summed E-state index contributed by atoms with van der Waals surface area (Å²) in [7, 11) is 1.66. The third-order valence-electron chi connectivity index (χ3n) is 3.81. The van der Waals surface area contributed by atoms with Gasteiger partial charge in [-0.25, -0.2) is 9.59 Å². The number of hydrogen-bond donors (Lipinski definition) is 2. The van der Waals surface area contributed by atoms with E-state index in [0.717, 1.165) is 19.4 Å². The monoisotopic (exact) mass is 272 g/mol. The van der Waals surface area contributed by atoms with E-state index in [9.17, 15) is 14.7 Å². The van der Waals surface area contributed by atoms with Gasteiger partial charge in [-0.05, 0) is 25.7 Å². The molecule has 6 nitrogen and oxygen atoms in total. The third kappa shape index (κ3) is 3.83. The van der Waals surface area contributed by atoms with Crippen LogP contribution in [0.2, 0.25) is 0 Å². The normalized spacial score (nSPS) is 19.2. The molecular weight excluding hydrogens is 248 g/mol. The average Bonchev–Trinajstić information content (AvgIpc) is 2.88. The molecule has 0 saturated carbocycles. The number of carbonyl (C=O) groups excluding carboxylic acids is 1. The summed E-state index contributed by atoms with van der Waals surface area (Å²) >= 11 is 0. The molecule has 19 heavy (non-hydrogen) atoms. The molecule has 0 aromatic rings. The molecule has 2 N–H and O–H groups in total. The molecule has 1 heterocycles. The van der Waals surface area contributed by atoms with Gasteiger partial charge in [-0.3, -0.25) is 0 Å². The van der Waals surface area contributed by atoms with Crippen molar-refractivity contribution in [3.05, 3.63) is 0 Å². The summed E-state index contributed by atoms with van der Waals surface area (Å²) in [4.78, 5) is 24.9. The highest BCUT2D eigenvalue weighted by Gasteiger charge is 2.37. The van der Waals surface area contributed by atoms with Crippen molar-refractivity contribution in [1.29, 1.82) is 0 Å². The van der Waals surface area contributed by atoms with E-state index >= 15 is 0 Å². The van der Waals surface area contributed by atoms with Crippen molar-refractivity contribution in [2.75, 3.05) is 20.2 Å². The third-order valence-corrected chi connectivity index (χ3v) is 3.81. The van der Waals surface area contributed by atoms with Crippen LogP contribution >= 0.6 is 0 Å². The Labute approximate surface area is 114 Å². The van der Waals surface area contributed by atoms with Crippen LogP contribution in [0, 0.1) is 0 Å². The lowest BCUT2D eigenvalue weighted by Gasteiger charge is -2.31. The summed E-state index contributed by atoms with van der Waals surface area (Å²) in [5, 5.41) is 11.9. The lowest BCUT2D eigenvalue weighted by Crippen LogP contribution is -2.57. The number of aliphatic carboxylic acids is 1. The molecule has 0 aromatic carbocycles. The molecule has 1 fully saturated rings. The SMILES string of the molecule is CCC(CC)(NC(=O)N(C)CC1CCCO1)C(=O)O. The lowest BCUT2D eigenvalue weighted by molar-refractivity contribution is -0.144. The van der Waals surface area contributed by atoms with Crippen LogP contribution in [0.4, 0.5) is 4.79 Å². The Kier molecular flexibility index (Phi) is 5.60. The Hall–Kier alpha value is -1.30. The first-order chi connectivity index (χ1) is 8.95. The molecule has 1 saturated heterocycles. The Balaban J connectivity index is 2.58. The highest BCUT2D eigenvalue weighted by molar-refractivity contribution is 5.86. The molecule has 0 aromatic heterocycles. The maximum absolute atomic E-state index is 12.1. The van der Waals surface area contributed by atoms with Gasteiger partial charge in [-0.15, -0.1) is 0 Å². The fourth-order valence-corrected chi connectivity index (χ4v) is 2.26. The molecule has 1 aliphatic heterocycles. The molecule has 0 aliphatic carbocycles. The van der Waals surface area contributed by atoms with Crippen LogP contribution in [0.15, 0.2) is 0 Å². The van der Waals surface area contributed by atoms with Crippen molar-refractivity contribution in [1.82, 2.24) is 10.2 Å². The van der Waals surface area contributed by atoms with Crippen molar-refractivity contribution in [3.63, 3.8) is 0 Å². The molecule has 0 spiro atoms. The van der Waals surface area contributed by atoms with Gasteiger partial charge in [0, 0.05) is 20.2 Å². The summed E-state index contributed by atoms with van der Waals surface area (Å²) in [6.07, 6.45) is 2.75. The van der Waals surface area contributed by atoms with Gasteiger partial charge in [-0.2, -0.15) is 0 Å². The van der Waals surface area contributed by atoms with E-state index < -0.39 is 11.5 Å². The number of likely N-dealkylation sites (N-methyl/N-ethyl adjacent to an activating group) is 1. The van der Waals surface area contributed by atoms with Gasteiger partial charge in [0.15, 0.2) is 0 Å². The molecule has 1 aliphatic rings. The lowest BCUT2D eigenvalue weighted by atomic mass is 9.93. The van der Waals surface area contributed by atoms with Gasteiger partial charge in [0.1, 0.15) is 5.54 Å². The van der Waals surface area contributed by atoms with Crippen LogP contribution in [0.5, 0.6) is 0 Å². The number of nitrogens with zero attached hydrogens (tertiary/aromatic N) is 1. The van der Waals surface area contributed by atoms with Gasteiger partial charge >= 0.3 is 12.0 Å². The quantitative estimate of drug-likeness (QED) is 0.767. The van der Waals surface area contributed by atoms with Crippen molar-refractivity contribution < 1.29 is 19.4 Å². The summed E-state index contributed by atoms with van der Waals surface area (Å²) in [5.41, 5.74) is -1.18. The zero-order chi connectivity index (χ0) is 14.5. The zero-order valence-electron chi connectivity index (χ0n) is 11.9. The van der Waals surface area contributed by atoms with Crippen molar-refractivity contribution in [3.8, 4) is 0 Å². The summed E-state index contributed by atoms with van der Waals surface area (Å²) < 4.78 is 5.47. The van der Waals surface area contributed by atoms with Crippen LogP contribution in [0.25, 0.3) is 0 Å². The number of hydrogen-bond acceptors (Lipinski definition) is 3. The van der Waals surface area contributed by atoms with Crippen molar-refractivity contribution >= 4 is 12.0 Å². The minimum absolute atomic E-state index is 0.0678. The number of nitrogens with one attached hydrogen (secondary N) is 1. The largest absolute Gasteiger partial charge is 0.480 e. The van der Waals surface area contributed by atoms with E-state index in [1.165, 1.54) is 4.90 Å². The van der Waals surface area contributed by atoms with Crippen molar-refractivity contribution in [2.45, 2.75) is 51.2 Å². The van der Waals surface area contributed by atoms with Crippen LogP contribution < -0.4 is 5.32 Å². The van der Waals surface area contributed by atoms with Crippen molar-refractivity contribution in [2.24, 2.45) is 0 Å². The van der Waals surface area contributed by atoms with Crippen LogP contribution in [-0.4, -0.2) is 53.8 Å². The first-order valence-corrected chi connectivity index (χ1v) is 6.83. The number of ether oxygens (including phenoxy) is 1. The zero-order valence-corrected chi connectivity index (χ0v) is 11.9. The average molecular weight is 272 g/mol. The highest BCUT2D eigenvalue weighted by atomic mass is 16.5. The Morgan fingerprint density at radius 3 is 2.47 bits per heavy atom. The molecular formula is C13H24N2O4. The van der Waals surface area contributed by atoms with Crippen LogP contribution in [-0.2, 0) is 9.53 Å². The Bertz CT molecular complexity index is 323. The first-order valence-electron chi connectivity index (χ1n) is 6.83. The number of carboxylic acid groups (broad SMARTS) is 1. The molecule has 6 heteroatoms. The smallest absolute Gasteiger partial charge is 0.329 e. The van der Waals surface area contributed by atoms with E-state index in [4.69, 9.17) is 4.74 Å². The summed E-state index contributed by atoms with van der Waals surface area (Å²) in [5.74, 6) is -0.989. The van der Waals surface area contributed by atoms with Crippen LogP contribution in [0.3, 0.4) is 0 Å². The second-order valence-electron chi connectivity index (χ2n) is 5.04. The van der Waals surface area contributed by atoms with E-state index in [1.807, 2.05) is 0 Å². The maximum atomic E-state index is 12.1. The van der Waals surface area contributed by atoms with Gasteiger partial charge in [0.25, 0.3) is 0 Å². The minimum atomic E-state index is -1.18. The second kappa shape index (κ2) is 6.75. The molecule has 0 radical (unpaired) electrons. The van der Waals surface area contributed by atoms with Crippen LogP contribution in [0.1, 0.15) is 39.5 Å². The molecule has 1 atom stereocenters. The topological polar surface area (TPSA) is 78.9 Å². The number of amides is 2. The molecule has 110 valence electrons.